The molecule has 19 heavy (non-hydrogen) atoms. The van der Waals surface area contributed by atoms with Crippen molar-refractivity contribution in [1.29, 1.82) is 0 Å². The van der Waals surface area contributed by atoms with Crippen molar-refractivity contribution in [1.82, 2.24) is 0 Å². The van der Waals surface area contributed by atoms with Gasteiger partial charge < -0.3 is 4.74 Å². The van der Waals surface area contributed by atoms with Crippen molar-refractivity contribution in [3.63, 3.8) is 0 Å². The molecule has 0 unspecified atom stereocenters. The summed E-state index contributed by atoms with van der Waals surface area (Å²) < 4.78 is 5.06. The first-order valence-corrected chi connectivity index (χ1v) is 6.13. The predicted molar refractivity (Wildman–Crippen MR) is 71.8 cm³/mol. The molecule has 0 atom stereocenters. The molecule has 0 aliphatic carbocycles. The number of hydrogen-bond acceptors (Lipinski definition) is 4. The highest BCUT2D eigenvalue weighted by Crippen LogP contribution is 2.12. The molecule has 0 spiro atoms. The summed E-state index contributed by atoms with van der Waals surface area (Å²) in [6, 6.07) is 5.90. The van der Waals surface area contributed by atoms with E-state index in [2.05, 4.69) is 6.58 Å². The molecule has 0 amide bonds. The van der Waals surface area contributed by atoms with Gasteiger partial charge in [0.2, 0.25) is 0 Å². The molecular formula is C14H17NO4. The Morgan fingerprint density at radius 1 is 1.32 bits per heavy atom. The fourth-order valence-corrected chi connectivity index (χ4v) is 1.53. The minimum absolute atomic E-state index is 0.0153. The quantitative estimate of drug-likeness (QED) is 0.238. The van der Waals surface area contributed by atoms with Crippen LogP contribution in [0.4, 0.5) is 5.69 Å². The summed E-state index contributed by atoms with van der Waals surface area (Å²) in [4.78, 5) is 21.5. The van der Waals surface area contributed by atoms with Crippen molar-refractivity contribution in [2.45, 2.75) is 25.7 Å². The second kappa shape index (κ2) is 8.02. The van der Waals surface area contributed by atoms with Gasteiger partial charge in [-0.25, -0.2) is 0 Å². The van der Waals surface area contributed by atoms with Crippen LogP contribution in [0.2, 0.25) is 0 Å². The van der Waals surface area contributed by atoms with Gasteiger partial charge in [-0.05, 0) is 24.8 Å². The fourth-order valence-electron chi connectivity index (χ4n) is 1.53. The third-order valence-electron chi connectivity index (χ3n) is 2.56. The Morgan fingerprint density at radius 2 is 2.00 bits per heavy atom. The number of nitro groups is 1. The van der Waals surface area contributed by atoms with Gasteiger partial charge in [0.25, 0.3) is 5.69 Å². The van der Waals surface area contributed by atoms with Gasteiger partial charge in [-0.3, -0.25) is 14.9 Å². The van der Waals surface area contributed by atoms with Crippen LogP contribution in [0.15, 0.2) is 36.9 Å². The van der Waals surface area contributed by atoms with Crippen LogP contribution >= 0.6 is 0 Å². The number of allylic oxidation sites excluding steroid dienone is 1. The minimum Gasteiger partial charge on any atom is -0.465 e. The number of unbranched alkanes of at least 4 members (excludes halogenated alkanes) is 2. The van der Waals surface area contributed by atoms with Crippen molar-refractivity contribution in [3.05, 3.63) is 52.6 Å². The molecule has 1 rings (SSSR count). The molecule has 0 heterocycles. The first-order chi connectivity index (χ1) is 9.13. The largest absolute Gasteiger partial charge is 0.465 e. The minimum atomic E-state index is -0.471. The Morgan fingerprint density at radius 3 is 2.58 bits per heavy atom. The van der Waals surface area contributed by atoms with E-state index in [-0.39, 0.29) is 18.1 Å². The molecule has 0 fully saturated rings. The molecule has 0 aliphatic heterocycles. The lowest BCUT2D eigenvalue weighted by atomic mass is 10.1. The van der Waals surface area contributed by atoms with Crippen molar-refractivity contribution < 1.29 is 14.5 Å². The SMILES string of the molecule is C=CCCCCOC(=O)Cc1ccc([N+](=O)[O-])cc1. The van der Waals surface area contributed by atoms with Gasteiger partial charge in [0.05, 0.1) is 18.0 Å². The summed E-state index contributed by atoms with van der Waals surface area (Å²) in [7, 11) is 0. The van der Waals surface area contributed by atoms with Crippen molar-refractivity contribution in [2.24, 2.45) is 0 Å². The second-order valence-corrected chi connectivity index (χ2v) is 4.11. The standard InChI is InChI=1S/C14H17NO4/c1-2-3-4-5-10-19-14(16)11-12-6-8-13(9-7-12)15(17)18/h2,6-9H,1,3-5,10-11H2. The number of nitro benzene ring substituents is 1. The number of ether oxygens (including phenoxy) is 1. The molecule has 1 aromatic carbocycles. The summed E-state index contributed by atoms with van der Waals surface area (Å²) in [6.45, 7) is 4.02. The molecule has 0 N–H and O–H groups in total. The zero-order valence-electron chi connectivity index (χ0n) is 10.7. The third-order valence-corrected chi connectivity index (χ3v) is 2.56. The molecule has 5 nitrogen and oxygen atoms in total. The van der Waals surface area contributed by atoms with Gasteiger partial charge in [-0.2, -0.15) is 0 Å². The van der Waals surface area contributed by atoms with Crippen LogP contribution < -0.4 is 0 Å². The summed E-state index contributed by atoms with van der Waals surface area (Å²) >= 11 is 0. The molecule has 102 valence electrons. The Hall–Kier alpha value is -2.17. The maximum absolute atomic E-state index is 11.5. The van der Waals surface area contributed by atoms with E-state index in [9.17, 15) is 14.9 Å². The summed E-state index contributed by atoms with van der Waals surface area (Å²) in [5.41, 5.74) is 0.725. The number of esters is 1. The first kappa shape index (κ1) is 14.9. The number of carbonyl (C=O) groups is 1. The Balaban J connectivity index is 2.31. The monoisotopic (exact) mass is 263 g/mol. The first-order valence-electron chi connectivity index (χ1n) is 6.13. The molecule has 0 radical (unpaired) electrons. The van der Waals surface area contributed by atoms with Crippen LogP contribution in [-0.4, -0.2) is 17.5 Å². The van der Waals surface area contributed by atoms with Gasteiger partial charge in [-0.1, -0.05) is 18.2 Å². The zero-order valence-corrected chi connectivity index (χ0v) is 10.7. The number of hydrogen-bond donors (Lipinski definition) is 0. The molecule has 0 saturated carbocycles. The lowest BCUT2D eigenvalue weighted by Crippen LogP contribution is -2.09. The summed E-state index contributed by atoms with van der Waals surface area (Å²) in [5.74, 6) is -0.313. The maximum atomic E-state index is 11.5. The van der Waals surface area contributed by atoms with E-state index in [1.165, 1.54) is 12.1 Å². The molecular weight excluding hydrogens is 246 g/mol. The van der Waals surface area contributed by atoms with Crippen LogP contribution in [0.25, 0.3) is 0 Å². The second-order valence-electron chi connectivity index (χ2n) is 4.11. The molecule has 0 aromatic heterocycles. The highest BCUT2D eigenvalue weighted by Gasteiger charge is 2.07. The van der Waals surface area contributed by atoms with Crippen molar-refractivity contribution in [2.75, 3.05) is 6.61 Å². The Kier molecular flexibility index (Phi) is 6.29. The van der Waals surface area contributed by atoms with Crippen LogP contribution in [-0.2, 0) is 16.0 Å². The van der Waals surface area contributed by atoms with Crippen LogP contribution in [0.3, 0.4) is 0 Å². The van der Waals surface area contributed by atoms with E-state index >= 15 is 0 Å². The number of non-ortho nitro benzene ring substituents is 1. The van der Waals surface area contributed by atoms with E-state index in [4.69, 9.17) is 4.74 Å². The molecule has 5 heteroatoms. The van der Waals surface area contributed by atoms with Gasteiger partial charge in [0.15, 0.2) is 0 Å². The topological polar surface area (TPSA) is 69.4 Å². The smallest absolute Gasteiger partial charge is 0.310 e. The maximum Gasteiger partial charge on any atom is 0.310 e. The summed E-state index contributed by atoms with van der Waals surface area (Å²) in [6.07, 6.45) is 4.66. The number of carbonyl (C=O) groups excluding carboxylic acids is 1. The number of benzene rings is 1. The zero-order chi connectivity index (χ0) is 14.1. The Labute approximate surface area is 112 Å². The Bertz CT molecular complexity index is 439. The van der Waals surface area contributed by atoms with Gasteiger partial charge in [0, 0.05) is 12.1 Å². The molecule has 1 aromatic rings. The van der Waals surface area contributed by atoms with Crippen LogP contribution in [0.5, 0.6) is 0 Å². The normalized spacial score (nSPS) is 9.89. The van der Waals surface area contributed by atoms with Gasteiger partial charge in [-0.15, -0.1) is 6.58 Å². The highest BCUT2D eigenvalue weighted by atomic mass is 16.6. The highest BCUT2D eigenvalue weighted by molar-refractivity contribution is 5.72. The predicted octanol–water partition coefficient (Wildman–Crippen LogP) is 3.04. The van der Waals surface area contributed by atoms with Crippen molar-refractivity contribution in [3.8, 4) is 0 Å². The van der Waals surface area contributed by atoms with Gasteiger partial charge >= 0.3 is 5.97 Å². The van der Waals surface area contributed by atoms with E-state index in [1.54, 1.807) is 12.1 Å². The van der Waals surface area contributed by atoms with E-state index < -0.39 is 4.92 Å². The summed E-state index contributed by atoms with van der Waals surface area (Å²) in [5, 5.41) is 10.5. The molecule has 0 bridgehead atoms. The third kappa shape index (κ3) is 5.81. The van der Waals surface area contributed by atoms with Crippen LogP contribution in [0.1, 0.15) is 24.8 Å². The lowest BCUT2D eigenvalue weighted by molar-refractivity contribution is -0.384. The van der Waals surface area contributed by atoms with Gasteiger partial charge in [0.1, 0.15) is 0 Å². The lowest BCUT2D eigenvalue weighted by Gasteiger charge is -2.04. The number of rotatable bonds is 8. The van der Waals surface area contributed by atoms with E-state index in [0.29, 0.717) is 12.2 Å². The average Bonchev–Trinajstić information content (AvgIpc) is 2.39. The average molecular weight is 263 g/mol. The number of nitrogens with zero attached hydrogens (tertiary/aromatic N) is 1. The molecule has 0 aliphatic rings. The van der Waals surface area contributed by atoms with Crippen LogP contribution in [0, 0.1) is 10.1 Å². The molecule has 0 saturated heterocycles. The van der Waals surface area contributed by atoms with E-state index in [1.807, 2.05) is 6.08 Å². The fraction of sp³-hybridized carbons (Fsp3) is 0.357. The van der Waals surface area contributed by atoms with Crippen molar-refractivity contribution >= 4 is 11.7 Å². The van der Waals surface area contributed by atoms with E-state index in [0.717, 1.165) is 19.3 Å².